The molecule has 0 spiro atoms. The fourth-order valence-corrected chi connectivity index (χ4v) is 3.03. The quantitative estimate of drug-likeness (QED) is 0.409. The second kappa shape index (κ2) is 6.10. The number of aryl methyl sites for hydroxylation is 1. The molecule has 0 aliphatic rings. The highest BCUT2D eigenvalue weighted by Crippen LogP contribution is 2.26. The van der Waals surface area contributed by atoms with E-state index in [1.807, 2.05) is 22.8 Å². The number of hydrogen-bond acceptors (Lipinski definition) is 1. The van der Waals surface area contributed by atoms with Crippen LogP contribution in [0, 0.1) is 9.39 Å². The Morgan fingerprint density at radius 1 is 1.19 bits per heavy atom. The molecule has 0 amide bonds. The molecule has 1 heterocycles. The summed E-state index contributed by atoms with van der Waals surface area (Å²) >= 11 is 13.9. The third-order valence-electron chi connectivity index (χ3n) is 3.17. The predicted octanol–water partition coefficient (Wildman–Crippen LogP) is 5.20. The van der Waals surface area contributed by atoms with Crippen molar-refractivity contribution in [1.82, 2.24) is 9.55 Å². The van der Waals surface area contributed by atoms with Crippen LogP contribution in [0.25, 0.3) is 16.7 Å². The fraction of sp³-hybridized carbons (Fsp3) is 0.133. The molecule has 0 atom stereocenters. The van der Waals surface area contributed by atoms with Crippen LogP contribution >= 0.6 is 45.8 Å². The molecule has 0 N–H and O–H groups in total. The summed E-state index contributed by atoms with van der Waals surface area (Å²) in [5.41, 5.74) is 2.50. The molecule has 3 aromatic rings. The van der Waals surface area contributed by atoms with Crippen LogP contribution in [-0.2, 0) is 6.42 Å². The van der Waals surface area contributed by atoms with E-state index in [-0.39, 0.29) is 5.02 Å². The molecule has 0 fully saturated rings. The maximum atomic E-state index is 13.8. The van der Waals surface area contributed by atoms with Crippen LogP contribution in [0.2, 0.25) is 5.02 Å². The van der Waals surface area contributed by atoms with E-state index in [1.165, 1.54) is 6.07 Å². The van der Waals surface area contributed by atoms with Crippen LogP contribution in [0.3, 0.4) is 0 Å². The Bertz CT molecular complexity index is 817. The zero-order chi connectivity index (χ0) is 15.0. The minimum Gasteiger partial charge on any atom is -0.296 e. The van der Waals surface area contributed by atoms with E-state index < -0.39 is 5.82 Å². The molecule has 0 aliphatic heterocycles. The van der Waals surface area contributed by atoms with Crippen LogP contribution in [0.1, 0.15) is 5.82 Å². The Morgan fingerprint density at radius 3 is 2.71 bits per heavy atom. The third-order valence-corrected chi connectivity index (χ3v) is 4.33. The maximum Gasteiger partial charge on any atom is 0.143 e. The van der Waals surface area contributed by atoms with E-state index in [1.54, 1.807) is 12.1 Å². The van der Waals surface area contributed by atoms with E-state index in [0.29, 0.717) is 18.0 Å². The number of benzene rings is 2. The van der Waals surface area contributed by atoms with E-state index in [9.17, 15) is 4.39 Å². The maximum absolute atomic E-state index is 13.8. The van der Waals surface area contributed by atoms with Gasteiger partial charge in [0.25, 0.3) is 0 Å². The van der Waals surface area contributed by atoms with Crippen molar-refractivity contribution >= 4 is 56.8 Å². The monoisotopic (exact) mass is 434 g/mol. The van der Waals surface area contributed by atoms with Gasteiger partial charge in [0.1, 0.15) is 11.6 Å². The second-order valence-electron chi connectivity index (χ2n) is 4.53. The zero-order valence-electron chi connectivity index (χ0n) is 10.8. The smallest absolute Gasteiger partial charge is 0.143 e. The number of hydrogen-bond donors (Lipinski definition) is 0. The average Bonchev–Trinajstić information content (AvgIpc) is 2.79. The lowest BCUT2D eigenvalue weighted by Gasteiger charge is -2.09. The van der Waals surface area contributed by atoms with E-state index >= 15 is 0 Å². The van der Waals surface area contributed by atoms with Gasteiger partial charge in [-0.15, -0.1) is 11.6 Å². The summed E-state index contributed by atoms with van der Waals surface area (Å²) in [6, 6.07) is 10.7. The van der Waals surface area contributed by atoms with Gasteiger partial charge in [-0.05, 0) is 59.0 Å². The molecule has 108 valence electrons. The van der Waals surface area contributed by atoms with Crippen molar-refractivity contribution in [2.75, 3.05) is 5.88 Å². The molecule has 2 nitrogen and oxygen atoms in total. The molecule has 2 aromatic carbocycles. The van der Waals surface area contributed by atoms with Crippen molar-refractivity contribution in [3.63, 3.8) is 0 Å². The Labute approximate surface area is 145 Å². The number of fused-ring (bicyclic) bond motifs is 1. The Kier molecular flexibility index (Phi) is 4.38. The van der Waals surface area contributed by atoms with Gasteiger partial charge >= 0.3 is 0 Å². The first-order chi connectivity index (χ1) is 10.1. The molecular formula is C15H10Cl2FIN2. The lowest BCUT2D eigenvalue weighted by atomic mass is 10.2. The van der Waals surface area contributed by atoms with Gasteiger partial charge in [0.15, 0.2) is 0 Å². The summed E-state index contributed by atoms with van der Waals surface area (Å²) in [5.74, 6) is 0.818. The molecule has 0 radical (unpaired) electrons. The summed E-state index contributed by atoms with van der Waals surface area (Å²) in [4.78, 5) is 4.61. The molecule has 0 bridgehead atoms. The SMILES string of the molecule is Fc1cc(-n2c(CCCl)nc3cc(I)ccc32)ccc1Cl. The first-order valence-corrected chi connectivity index (χ1v) is 8.27. The largest absolute Gasteiger partial charge is 0.296 e. The van der Waals surface area contributed by atoms with Gasteiger partial charge in [0, 0.05) is 15.9 Å². The van der Waals surface area contributed by atoms with E-state index in [2.05, 4.69) is 27.6 Å². The summed E-state index contributed by atoms with van der Waals surface area (Å²) in [5, 5.41) is 0.108. The summed E-state index contributed by atoms with van der Waals surface area (Å²) < 4.78 is 16.8. The van der Waals surface area contributed by atoms with Crippen molar-refractivity contribution in [3.05, 3.63) is 56.6 Å². The van der Waals surface area contributed by atoms with Crippen molar-refractivity contribution in [1.29, 1.82) is 0 Å². The van der Waals surface area contributed by atoms with Crippen LogP contribution < -0.4 is 0 Å². The molecule has 21 heavy (non-hydrogen) atoms. The molecule has 0 unspecified atom stereocenters. The van der Waals surface area contributed by atoms with Crippen LogP contribution in [-0.4, -0.2) is 15.4 Å². The first-order valence-electron chi connectivity index (χ1n) is 6.28. The number of halogens is 4. The first kappa shape index (κ1) is 15.1. The lowest BCUT2D eigenvalue weighted by molar-refractivity contribution is 0.627. The molecule has 3 rings (SSSR count). The normalized spacial score (nSPS) is 11.2. The Morgan fingerprint density at radius 2 is 2.00 bits per heavy atom. The molecule has 6 heteroatoms. The van der Waals surface area contributed by atoms with Gasteiger partial charge in [-0.2, -0.15) is 0 Å². The van der Waals surface area contributed by atoms with Crippen LogP contribution in [0.4, 0.5) is 4.39 Å². The van der Waals surface area contributed by atoms with Gasteiger partial charge in [-0.25, -0.2) is 9.37 Å². The lowest BCUT2D eigenvalue weighted by Crippen LogP contribution is -2.02. The number of alkyl halides is 1. The number of aromatic nitrogens is 2. The third kappa shape index (κ3) is 2.89. The van der Waals surface area contributed by atoms with Crippen molar-refractivity contribution in [3.8, 4) is 5.69 Å². The van der Waals surface area contributed by atoms with Gasteiger partial charge < -0.3 is 0 Å². The molecule has 0 aliphatic carbocycles. The van der Waals surface area contributed by atoms with Gasteiger partial charge in [0.05, 0.1) is 21.7 Å². The minimum atomic E-state index is -0.446. The zero-order valence-corrected chi connectivity index (χ0v) is 14.5. The van der Waals surface area contributed by atoms with E-state index in [4.69, 9.17) is 23.2 Å². The summed E-state index contributed by atoms with van der Waals surface area (Å²) in [6.45, 7) is 0. The van der Waals surface area contributed by atoms with Gasteiger partial charge in [-0.1, -0.05) is 11.6 Å². The number of imidazole rings is 1. The van der Waals surface area contributed by atoms with Crippen LogP contribution in [0.15, 0.2) is 36.4 Å². The summed E-state index contributed by atoms with van der Waals surface area (Å²) in [7, 11) is 0. The molecule has 1 aromatic heterocycles. The highest BCUT2D eigenvalue weighted by Gasteiger charge is 2.13. The van der Waals surface area contributed by atoms with Gasteiger partial charge in [0.2, 0.25) is 0 Å². The molecule has 0 saturated heterocycles. The minimum absolute atomic E-state index is 0.108. The topological polar surface area (TPSA) is 17.8 Å². The van der Waals surface area contributed by atoms with Crippen LogP contribution in [0.5, 0.6) is 0 Å². The Hall–Kier alpha value is -0.850. The average molecular weight is 435 g/mol. The van der Waals surface area contributed by atoms with E-state index in [0.717, 1.165) is 20.4 Å². The fourth-order valence-electron chi connectivity index (χ4n) is 2.27. The number of nitrogens with zero attached hydrogens (tertiary/aromatic N) is 2. The summed E-state index contributed by atoms with van der Waals surface area (Å²) in [6.07, 6.45) is 0.608. The van der Waals surface area contributed by atoms with Crippen molar-refractivity contribution < 1.29 is 4.39 Å². The highest BCUT2D eigenvalue weighted by atomic mass is 127. The van der Waals surface area contributed by atoms with Crippen molar-refractivity contribution in [2.24, 2.45) is 0 Å². The Balaban J connectivity index is 2.27. The number of rotatable bonds is 3. The molecular weight excluding hydrogens is 425 g/mol. The predicted molar refractivity (Wildman–Crippen MR) is 93.2 cm³/mol. The van der Waals surface area contributed by atoms with Gasteiger partial charge in [-0.3, -0.25) is 4.57 Å². The molecule has 0 saturated carbocycles. The highest BCUT2D eigenvalue weighted by molar-refractivity contribution is 14.1. The second-order valence-corrected chi connectivity index (χ2v) is 6.56. The standard InChI is InChI=1S/C15H10Cl2FIN2/c16-6-5-15-20-13-7-9(19)1-4-14(13)21(15)10-2-3-11(17)12(18)8-10/h1-4,7-8H,5-6H2. The van der Waals surface area contributed by atoms with Crippen molar-refractivity contribution in [2.45, 2.75) is 6.42 Å².